The Kier molecular flexibility index (Phi) is 3.22. The van der Waals surface area contributed by atoms with Crippen molar-refractivity contribution >= 4 is 0 Å². The van der Waals surface area contributed by atoms with Gasteiger partial charge in [-0.1, -0.05) is 0 Å². The van der Waals surface area contributed by atoms with Gasteiger partial charge in [0.05, 0.1) is 6.61 Å². The maximum atomic E-state index is 4.97. The van der Waals surface area contributed by atoms with Crippen molar-refractivity contribution < 1.29 is 4.74 Å². The third-order valence-corrected chi connectivity index (χ3v) is 1.73. The van der Waals surface area contributed by atoms with Crippen LogP contribution in [0.3, 0.4) is 0 Å². The molecule has 0 N–H and O–H groups in total. The average Bonchev–Trinajstić information content (AvgIpc) is 2.48. The van der Waals surface area contributed by atoms with Crippen LogP contribution in [0.4, 0.5) is 0 Å². The summed E-state index contributed by atoms with van der Waals surface area (Å²) in [6.07, 6.45) is 2.59. The van der Waals surface area contributed by atoms with E-state index in [1.165, 1.54) is 0 Å². The molecule has 0 aliphatic rings. The van der Waals surface area contributed by atoms with E-state index in [0.29, 0.717) is 12.6 Å². The molecule has 1 rings (SSSR count). The lowest BCUT2D eigenvalue weighted by atomic mass is 10.3. The Hall–Kier alpha value is -0.900. The predicted octanol–water partition coefficient (Wildman–Crippen LogP) is 1.05. The van der Waals surface area contributed by atoms with Crippen LogP contribution in [0.15, 0.2) is 6.33 Å². The van der Waals surface area contributed by atoms with Gasteiger partial charge in [-0.2, -0.15) is 0 Å². The fourth-order valence-corrected chi connectivity index (χ4v) is 1.07. The van der Waals surface area contributed by atoms with Crippen LogP contribution in [0, 0.1) is 0 Å². The van der Waals surface area contributed by atoms with Crippen molar-refractivity contribution in [1.29, 1.82) is 0 Å². The Morgan fingerprint density at radius 1 is 1.58 bits per heavy atom. The highest BCUT2D eigenvalue weighted by Gasteiger charge is 2.05. The lowest BCUT2D eigenvalue weighted by molar-refractivity contribution is 0.199. The summed E-state index contributed by atoms with van der Waals surface area (Å²) in [4.78, 5) is 0. The molecule has 0 aliphatic carbocycles. The van der Waals surface area contributed by atoms with E-state index in [9.17, 15) is 0 Å². The van der Waals surface area contributed by atoms with E-state index in [1.54, 1.807) is 13.4 Å². The summed E-state index contributed by atoms with van der Waals surface area (Å²) >= 11 is 0. The molecule has 0 bridgehead atoms. The molecular formula is C8H15N3O. The summed E-state index contributed by atoms with van der Waals surface area (Å²) in [5.41, 5.74) is 0. The number of aromatic nitrogens is 3. The lowest BCUT2D eigenvalue weighted by Gasteiger charge is -2.08. The molecule has 0 saturated carbocycles. The second kappa shape index (κ2) is 4.21. The van der Waals surface area contributed by atoms with Gasteiger partial charge in [-0.25, -0.2) is 0 Å². The lowest BCUT2D eigenvalue weighted by Crippen LogP contribution is -2.07. The Morgan fingerprint density at radius 2 is 2.33 bits per heavy atom. The van der Waals surface area contributed by atoms with Gasteiger partial charge in [-0.05, 0) is 13.8 Å². The third kappa shape index (κ3) is 2.04. The molecule has 0 unspecified atom stereocenters. The fraction of sp³-hybridized carbons (Fsp3) is 0.750. The second-order valence-electron chi connectivity index (χ2n) is 2.99. The molecule has 4 heteroatoms. The topological polar surface area (TPSA) is 39.9 Å². The minimum absolute atomic E-state index is 0.423. The van der Waals surface area contributed by atoms with Crippen LogP contribution in [0.2, 0.25) is 0 Å². The van der Waals surface area contributed by atoms with Crippen molar-refractivity contribution in [3.63, 3.8) is 0 Å². The Morgan fingerprint density at radius 3 is 2.92 bits per heavy atom. The summed E-state index contributed by atoms with van der Waals surface area (Å²) in [7, 11) is 1.69. The molecule has 1 aromatic heterocycles. The number of nitrogens with zero attached hydrogens (tertiary/aromatic N) is 3. The molecule has 0 radical (unpaired) electrons. The molecule has 0 atom stereocenters. The molecule has 4 nitrogen and oxygen atoms in total. The van der Waals surface area contributed by atoms with Crippen molar-refractivity contribution in [2.75, 3.05) is 13.7 Å². The number of methoxy groups -OCH3 is 1. The van der Waals surface area contributed by atoms with Crippen LogP contribution in [0.25, 0.3) is 0 Å². The monoisotopic (exact) mass is 169 g/mol. The fourth-order valence-electron chi connectivity index (χ4n) is 1.07. The molecule has 0 fully saturated rings. The van der Waals surface area contributed by atoms with Crippen LogP contribution in [-0.2, 0) is 11.2 Å². The van der Waals surface area contributed by atoms with E-state index in [0.717, 1.165) is 12.2 Å². The van der Waals surface area contributed by atoms with Crippen LogP contribution < -0.4 is 0 Å². The van der Waals surface area contributed by atoms with Gasteiger partial charge in [0.25, 0.3) is 0 Å². The minimum atomic E-state index is 0.423. The first-order chi connectivity index (χ1) is 5.75. The first-order valence-corrected chi connectivity index (χ1v) is 4.13. The zero-order valence-corrected chi connectivity index (χ0v) is 7.82. The largest absolute Gasteiger partial charge is 0.384 e. The molecule has 0 aliphatic heterocycles. The van der Waals surface area contributed by atoms with Gasteiger partial charge in [0, 0.05) is 19.6 Å². The molecule has 68 valence electrons. The highest BCUT2D eigenvalue weighted by molar-refractivity contribution is 4.87. The average molecular weight is 169 g/mol. The summed E-state index contributed by atoms with van der Waals surface area (Å²) in [6, 6.07) is 0.423. The van der Waals surface area contributed by atoms with Gasteiger partial charge in [0.15, 0.2) is 0 Å². The normalized spacial score (nSPS) is 11.0. The van der Waals surface area contributed by atoms with Crippen molar-refractivity contribution in [2.24, 2.45) is 0 Å². The zero-order valence-electron chi connectivity index (χ0n) is 7.82. The predicted molar refractivity (Wildman–Crippen MR) is 46.0 cm³/mol. The van der Waals surface area contributed by atoms with Crippen molar-refractivity contribution in [3.8, 4) is 0 Å². The van der Waals surface area contributed by atoms with Crippen LogP contribution in [-0.4, -0.2) is 28.5 Å². The number of hydrogen-bond donors (Lipinski definition) is 0. The molecular weight excluding hydrogens is 154 g/mol. The van der Waals surface area contributed by atoms with Gasteiger partial charge in [0.1, 0.15) is 12.2 Å². The van der Waals surface area contributed by atoms with Gasteiger partial charge in [-0.3, -0.25) is 0 Å². The zero-order chi connectivity index (χ0) is 8.97. The SMILES string of the molecule is COCCc1nncn1C(C)C. The maximum Gasteiger partial charge on any atom is 0.135 e. The Balaban J connectivity index is 2.64. The van der Waals surface area contributed by atoms with Gasteiger partial charge in [-0.15, -0.1) is 10.2 Å². The summed E-state index contributed by atoms with van der Waals surface area (Å²) < 4.78 is 7.02. The minimum Gasteiger partial charge on any atom is -0.384 e. The first-order valence-electron chi connectivity index (χ1n) is 4.13. The van der Waals surface area contributed by atoms with Gasteiger partial charge < -0.3 is 9.30 Å². The van der Waals surface area contributed by atoms with E-state index in [-0.39, 0.29) is 0 Å². The highest BCUT2D eigenvalue weighted by atomic mass is 16.5. The van der Waals surface area contributed by atoms with Gasteiger partial charge >= 0.3 is 0 Å². The summed E-state index contributed by atoms with van der Waals surface area (Å²) in [6.45, 7) is 4.92. The molecule has 12 heavy (non-hydrogen) atoms. The van der Waals surface area contributed by atoms with E-state index < -0.39 is 0 Å². The van der Waals surface area contributed by atoms with Gasteiger partial charge in [0.2, 0.25) is 0 Å². The number of rotatable bonds is 4. The van der Waals surface area contributed by atoms with Crippen LogP contribution in [0.5, 0.6) is 0 Å². The molecule has 0 saturated heterocycles. The van der Waals surface area contributed by atoms with Crippen molar-refractivity contribution in [2.45, 2.75) is 26.3 Å². The Bertz CT molecular complexity index is 232. The van der Waals surface area contributed by atoms with Crippen molar-refractivity contribution in [3.05, 3.63) is 12.2 Å². The Labute approximate surface area is 72.6 Å². The molecule has 0 spiro atoms. The molecule has 1 aromatic rings. The van der Waals surface area contributed by atoms with Crippen LogP contribution in [0.1, 0.15) is 25.7 Å². The smallest absolute Gasteiger partial charge is 0.135 e. The number of ether oxygens (including phenoxy) is 1. The first kappa shape index (κ1) is 9.19. The van der Waals surface area contributed by atoms with E-state index in [1.807, 2.05) is 0 Å². The highest BCUT2D eigenvalue weighted by Crippen LogP contribution is 2.06. The second-order valence-corrected chi connectivity index (χ2v) is 2.99. The summed E-state index contributed by atoms with van der Waals surface area (Å²) in [5.74, 6) is 0.992. The quantitative estimate of drug-likeness (QED) is 0.676. The van der Waals surface area contributed by atoms with Crippen LogP contribution >= 0.6 is 0 Å². The van der Waals surface area contributed by atoms with E-state index >= 15 is 0 Å². The summed E-state index contributed by atoms with van der Waals surface area (Å²) in [5, 5.41) is 7.86. The maximum absolute atomic E-state index is 4.97. The van der Waals surface area contributed by atoms with E-state index in [2.05, 4.69) is 28.6 Å². The molecule has 0 aromatic carbocycles. The third-order valence-electron chi connectivity index (χ3n) is 1.73. The van der Waals surface area contributed by atoms with Crippen molar-refractivity contribution in [1.82, 2.24) is 14.8 Å². The standard InChI is InChI=1S/C8H15N3O/c1-7(2)11-6-9-10-8(11)4-5-12-3/h6-7H,4-5H2,1-3H3. The number of hydrogen-bond acceptors (Lipinski definition) is 3. The van der Waals surface area contributed by atoms with E-state index in [4.69, 9.17) is 4.74 Å². The molecule has 1 heterocycles. The molecule has 0 amide bonds.